The first-order valence-corrected chi connectivity index (χ1v) is 19.2. The third-order valence-corrected chi connectivity index (χ3v) is 12.5. The van der Waals surface area contributed by atoms with Crippen molar-refractivity contribution >= 4 is 103 Å². The Hall–Kier alpha value is -7.64. The zero-order chi connectivity index (χ0) is 37.1. The first-order chi connectivity index (χ1) is 27.7. The number of nitriles is 1. The van der Waals surface area contributed by atoms with Crippen molar-refractivity contribution in [3.8, 4) is 28.6 Å². The minimum absolute atomic E-state index is 0.643. The minimum Gasteiger partial charge on any atom is -0.456 e. The maximum absolute atomic E-state index is 10.1. The molecule has 0 aliphatic heterocycles. The van der Waals surface area contributed by atoms with Crippen LogP contribution in [0.15, 0.2) is 162 Å². The molecule has 5 nitrogen and oxygen atoms in total. The van der Waals surface area contributed by atoms with Crippen molar-refractivity contribution in [1.82, 2.24) is 9.13 Å². The zero-order valence-corrected chi connectivity index (χ0v) is 30.4. The molecule has 0 aliphatic rings. The number of hydrogen-bond acceptors (Lipinski definition) is 3. The Labute approximate surface area is 323 Å². The second kappa shape index (κ2) is 11.4. The molecule has 0 spiro atoms. The molecular weight excluding hydrogens is 705 g/mol. The normalized spacial score (nSPS) is 11.9. The monoisotopic (exact) mass is 730 g/mol. The van der Waals surface area contributed by atoms with E-state index in [-0.39, 0.29) is 0 Å². The van der Waals surface area contributed by atoms with Gasteiger partial charge in [-0.2, -0.15) is 5.26 Å². The molecule has 0 saturated carbocycles. The van der Waals surface area contributed by atoms with Crippen molar-refractivity contribution in [2.24, 2.45) is 0 Å². The molecule has 0 fully saturated rings. The van der Waals surface area contributed by atoms with E-state index in [1.807, 2.05) is 42.5 Å². The van der Waals surface area contributed by atoms with Crippen molar-refractivity contribution in [2.75, 3.05) is 0 Å². The quantitative estimate of drug-likeness (QED) is 0.170. The number of benzene rings is 8. The van der Waals surface area contributed by atoms with E-state index in [0.29, 0.717) is 11.3 Å². The molecule has 12 aromatic rings. The van der Waals surface area contributed by atoms with E-state index in [4.69, 9.17) is 11.0 Å². The van der Waals surface area contributed by atoms with Gasteiger partial charge in [-0.25, -0.2) is 4.85 Å². The van der Waals surface area contributed by atoms with Gasteiger partial charge in [-0.1, -0.05) is 78.9 Å². The molecule has 0 radical (unpaired) electrons. The third-order valence-electron chi connectivity index (χ3n) is 11.4. The van der Waals surface area contributed by atoms with Gasteiger partial charge < -0.3 is 13.6 Å². The van der Waals surface area contributed by atoms with Crippen molar-refractivity contribution in [3.05, 3.63) is 175 Å². The Morgan fingerprint density at radius 3 is 1.77 bits per heavy atom. The fourth-order valence-electron chi connectivity index (χ4n) is 8.90. The summed E-state index contributed by atoms with van der Waals surface area (Å²) in [6.45, 7) is 7.97. The van der Waals surface area contributed by atoms with Crippen LogP contribution < -0.4 is 0 Å². The van der Waals surface area contributed by atoms with E-state index < -0.39 is 0 Å². The summed E-state index contributed by atoms with van der Waals surface area (Å²) in [7, 11) is 0. The Bertz CT molecular complexity index is 3500. The van der Waals surface area contributed by atoms with Crippen LogP contribution in [-0.2, 0) is 0 Å². The summed E-state index contributed by atoms with van der Waals surface area (Å²) in [6, 6.07) is 57.3. The van der Waals surface area contributed by atoms with Crippen LogP contribution in [-0.4, -0.2) is 9.13 Å². The van der Waals surface area contributed by atoms with Gasteiger partial charge in [-0.05, 0) is 95.4 Å². The van der Waals surface area contributed by atoms with Crippen molar-refractivity contribution in [3.63, 3.8) is 0 Å². The van der Waals surface area contributed by atoms with Gasteiger partial charge in [0.05, 0.1) is 34.2 Å². The standard InChI is InChI=1S/C50H26N4OS/c1-52-42-13-7-12-37-35-10-3-5-15-44(35)54(50(37)42)33-19-23-48-41(27-33)40-25-30(17-22-47(40)56-48)29-16-20-45-38(24-29)39-26-32(18-21-46(39)55-45)53-43-14-4-2-9-34(43)36-11-6-8-31(28-51)49(36)53/h2-27H. The van der Waals surface area contributed by atoms with Crippen molar-refractivity contribution in [2.45, 2.75) is 0 Å². The highest BCUT2D eigenvalue weighted by Gasteiger charge is 2.19. The average molecular weight is 731 g/mol. The first-order valence-electron chi connectivity index (χ1n) is 18.4. The molecule has 6 heteroatoms. The van der Waals surface area contributed by atoms with E-state index in [2.05, 4.69) is 135 Å². The van der Waals surface area contributed by atoms with Crippen LogP contribution in [0.5, 0.6) is 0 Å². The largest absolute Gasteiger partial charge is 0.456 e. The predicted molar refractivity (Wildman–Crippen MR) is 232 cm³/mol. The third kappa shape index (κ3) is 4.22. The Balaban J connectivity index is 1.02. The summed E-state index contributed by atoms with van der Waals surface area (Å²) in [5, 5.41) is 19.0. The van der Waals surface area contributed by atoms with E-state index in [1.54, 1.807) is 11.3 Å². The van der Waals surface area contributed by atoms with Crippen LogP contribution in [0.25, 0.3) is 113 Å². The molecule has 8 aromatic carbocycles. The summed E-state index contributed by atoms with van der Waals surface area (Å²) in [5.41, 5.74) is 11.2. The molecule has 0 saturated heterocycles. The summed E-state index contributed by atoms with van der Waals surface area (Å²) in [5.74, 6) is 0. The van der Waals surface area contributed by atoms with E-state index in [1.165, 1.54) is 20.2 Å². The molecule has 0 N–H and O–H groups in total. The van der Waals surface area contributed by atoms with Crippen LogP contribution in [0.4, 0.5) is 5.69 Å². The molecule has 4 heterocycles. The van der Waals surface area contributed by atoms with E-state index in [0.717, 1.165) is 88.1 Å². The molecule has 12 rings (SSSR count). The van der Waals surface area contributed by atoms with Gasteiger partial charge in [0, 0.05) is 58.5 Å². The average Bonchev–Trinajstić information content (AvgIpc) is 4.00. The van der Waals surface area contributed by atoms with Crippen LogP contribution in [0, 0.1) is 17.9 Å². The number of furan rings is 1. The van der Waals surface area contributed by atoms with Gasteiger partial charge in [0.2, 0.25) is 5.69 Å². The summed E-state index contributed by atoms with van der Waals surface area (Å²) >= 11 is 1.80. The van der Waals surface area contributed by atoms with Crippen molar-refractivity contribution < 1.29 is 4.42 Å². The van der Waals surface area contributed by atoms with Gasteiger partial charge in [-0.3, -0.25) is 0 Å². The second-order valence-corrected chi connectivity index (χ2v) is 15.4. The van der Waals surface area contributed by atoms with Gasteiger partial charge in [0.1, 0.15) is 17.2 Å². The highest BCUT2D eigenvalue weighted by atomic mass is 32.1. The molecule has 0 bridgehead atoms. The van der Waals surface area contributed by atoms with Crippen LogP contribution in [0.3, 0.4) is 0 Å². The molecule has 56 heavy (non-hydrogen) atoms. The Morgan fingerprint density at radius 2 is 1.04 bits per heavy atom. The molecule has 0 atom stereocenters. The number of nitrogens with zero attached hydrogens (tertiary/aromatic N) is 4. The number of rotatable bonds is 3. The van der Waals surface area contributed by atoms with Gasteiger partial charge in [-0.15, -0.1) is 11.3 Å². The smallest absolute Gasteiger partial charge is 0.211 e. The number of thiophene rings is 1. The lowest BCUT2D eigenvalue weighted by Gasteiger charge is -2.10. The number of fused-ring (bicyclic) bond motifs is 12. The lowest BCUT2D eigenvalue weighted by molar-refractivity contribution is 0.669. The lowest BCUT2D eigenvalue weighted by Crippen LogP contribution is -1.95. The Morgan fingerprint density at radius 1 is 0.500 bits per heavy atom. The zero-order valence-electron chi connectivity index (χ0n) is 29.6. The molecule has 4 aromatic heterocycles. The van der Waals surface area contributed by atoms with E-state index in [9.17, 15) is 5.26 Å². The molecule has 0 amide bonds. The summed E-state index contributed by atoms with van der Waals surface area (Å²) < 4.78 is 13.3. The molecular formula is C50H26N4OS. The van der Waals surface area contributed by atoms with Crippen LogP contribution >= 0.6 is 11.3 Å². The van der Waals surface area contributed by atoms with Gasteiger partial charge in [0.15, 0.2) is 0 Å². The fraction of sp³-hybridized carbons (Fsp3) is 0. The highest BCUT2D eigenvalue weighted by molar-refractivity contribution is 7.25. The first kappa shape index (κ1) is 30.8. The SMILES string of the molecule is [C-]#[N+]c1cccc2c3ccccc3n(-c3ccc4sc5ccc(-c6ccc7oc8ccc(-n9c%10ccccc%10c%10cccc(C#N)c%109)cc8c7c6)cc5c4c3)c12. The Kier molecular flexibility index (Phi) is 6.28. The van der Waals surface area contributed by atoms with Gasteiger partial charge >= 0.3 is 0 Å². The number of para-hydroxylation sites is 4. The van der Waals surface area contributed by atoms with Gasteiger partial charge in [0.25, 0.3) is 0 Å². The number of aromatic nitrogens is 2. The summed E-state index contributed by atoms with van der Waals surface area (Å²) in [6.07, 6.45) is 0. The fourth-order valence-corrected chi connectivity index (χ4v) is 9.97. The highest BCUT2D eigenvalue weighted by Crippen LogP contribution is 2.42. The summed E-state index contributed by atoms with van der Waals surface area (Å²) in [4.78, 5) is 3.92. The molecule has 0 unspecified atom stereocenters. The van der Waals surface area contributed by atoms with E-state index >= 15 is 0 Å². The predicted octanol–water partition coefficient (Wildman–Crippen LogP) is 14.2. The molecule has 258 valence electrons. The molecule has 0 aliphatic carbocycles. The maximum atomic E-state index is 10.1. The van der Waals surface area contributed by atoms with Crippen molar-refractivity contribution in [1.29, 1.82) is 5.26 Å². The van der Waals surface area contributed by atoms with Crippen LogP contribution in [0.1, 0.15) is 5.56 Å². The second-order valence-electron chi connectivity index (χ2n) is 14.3. The topological polar surface area (TPSA) is 51.1 Å². The van der Waals surface area contributed by atoms with Crippen LogP contribution in [0.2, 0.25) is 0 Å². The number of hydrogen-bond donors (Lipinski definition) is 0. The maximum Gasteiger partial charge on any atom is 0.211 e. The minimum atomic E-state index is 0.643. The lowest BCUT2D eigenvalue weighted by atomic mass is 10.0.